The minimum Gasteiger partial charge on any atom is -0.494 e. The normalized spacial score (nSPS) is 9.89. The Hall–Kier alpha value is -2.12. The Balaban J connectivity index is 2.60. The number of ether oxygens (including phenoxy) is 1. The third-order valence-corrected chi connectivity index (χ3v) is 2.77. The van der Waals surface area contributed by atoms with Gasteiger partial charge in [-0.05, 0) is 23.8 Å². The van der Waals surface area contributed by atoms with Crippen molar-refractivity contribution in [1.82, 2.24) is 4.98 Å². The fraction of sp³-hybridized carbons (Fsp3) is 0.0769. The van der Waals surface area contributed by atoms with E-state index in [4.69, 9.17) is 21.6 Å². The van der Waals surface area contributed by atoms with Gasteiger partial charge in [0.2, 0.25) is 0 Å². The number of hydrogen-bond donors (Lipinski definition) is 0. The second-order valence-corrected chi connectivity index (χ2v) is 3.84. The average molecular weight is 263 g/mol. The number of pyridine rings is 1. The topological polar surface area (TPSA) is 45.9 Å². The van der Waals surface area contributed by atoms with Crippen LogP contribution >= 0.6 is 11.6 Å². The Morgan fingerprint density at radius 2 is 2.17 bits per heavy atom. The maximum Gasteiger partial charge on any atom is 0.165 e. The van der Waals surface area contributed by atoms with E-state index in [1.807, 2.05) is 6.07 Å². The molecular formula is C13H8ClFN2O. The fourth-order valence-corrected chi connectivity index (χ4v) is 1.82. The lowest BCUT2D eigenvalue weighted by atomic mass is 10.0. The Bertz CT molecular complexity index is 637. The highest BCUT2D eigenvalue weighted by Gasteiger charge is 2.11. The van der Waals surface area contributed by atoms with Gasteiger partial charge >= 0.3 is 0 Å². The summed E-state index contributed by atoms with van der Waals surface area (Å²) in [5.41, 5.74) is 1.32. The van der Waals surface area contributed by atoms with Gasteiger partial charge < -0.3 is 4.74 Å². The summed E-state index contributed by atoms with van der Waals surface area (Å²) in [5, 5.41) is 9.14. The lowest BCUT2D eigenvalue weighted by Gasteiger charge is -2.07. The summed E-state index contributed by atoms with van der Waals surface area (Å²) in [6.45, 7) is 0. The van der Waals surface area contributed by atoms with Crippen molar-refractivity contribution in [2.75, 3.05) is 7.11 Å². The summed E-state index contributed by atoms with van der Waals surface area (Å²) in [4.78, 5) is 3.82. The first kappa shape index (κ1) is 12.3. The zero-order chi connectivity index (χ0) is 13.1. The van der Waals surface area contributed by atoms with E-state index in [1.165, 1.54) is 25.4 Å². The highest BCUT2D eigenvalue weighted by atomic mass is 35.5. The number of nitrogens with zero attached hydrogens (tertiary/aromatic N) is 2. The van der Waals surface area contributed by atoms with E-state index >= 15 is 0 Å². The lowest BCUT2D eigenvalue weighted by molar-refractivity contribution is 0.386. The summed E-state index contributed by atoms with van der Waals surface area (Å²) in [5.74, 6) is -0.343. The van der Waals surface area contributed by atoms with Crippen LogP contribution in [0.4, 0.5) is 4.39 Å². The number of rotatable bonds is 2. The van der Waals surface area contributed by atoms with E-state index in [0.717, 1.165) is 0 Å². The minimum atomic E-state index is -0.494. The van der Waals surface area contributed by atoms with Crippen LogP contribution in [0.25, 0.3) is 11.1 Å². The van der Waals surface area contributed by atoms with Gasteiger partial charge in [-0.2, -0.15) is 5.26 Å². The van der Waals surface area contributed by atoms with Crippen molar-refractivity contribution >= 4 is 11.6 Å². The number of hydrogen-bond acceptors (Lipinski definition) is 3. The van der Waals surface area contributed by atoms with Crippen molar-refractivity contribution < 1.29 is 9.13 Å². The standard InChI is InChI=1S/C13H8ClFN2O/c1-18-12-3-2-8(6-11(12)15)9-4-5-17-13(14)10(9)7-16/h2-6H,1H3. The summed E-state index contributed by atoms with van der Waals surface area (Å²) >= 11 is 5.83. The molecule has 90 valence electrons. The molecule has 0 fully saturated rings. The van der Waals surface area contributed by atoms with Crippen molar-refractivity contribution in [3.8, 4) is 22.9 Å². The van der Waals surface area contributed by atoms with Crippen LogP contribution in [0.1, 0.15) is 5.56 Å². The minimum absolute atomic E-state index is 0.103. The van der Waals surface area contributed by atoms with Crippen molar-refractivity contribution in [3.05, 3.63) is 47.0 Å². The number of aromatic nitrogens is 1. The summed E-state index contributed by atoms with van der Waals surface area (Å²) in [6, 6.07) is 8.04. The molecule has 0 N–H and O–H groups in total. The third kappa shape index (κ3) is 2.13. The average Bonchev–Trinajstić information content (AvgIpc) is 2.38. The SMILES string of the molecule is COc1ccc(-c2ccnc(Cl)c2C#N)cc1F. The van der Waals surface area contributed by atoms with Gasteiger partial charge in [-0.25, -0.2) is 9.37 Å². The highest BCUT2D eigenvalue weighted by molar-refractivity contribution is 6.30. The quantitative estimate of drug-likeness (QED) is 0.779. The molecule has 0 saturated heterocycles. The van der Waals surface area contributed by atoms with E-state index < -0.39 is 5.82 Å². The molecule has 0 saturated carbocycles. The zero-order valence-electron chi connectivity index (χ0n) is 9.45. The Labute approximate surface area is 108 Å². The predicted molar refractivity (Wildman–Crippen MR) is 65.9 cm³/mol. The third-order valence-electron chi connectivity index (χ3n) is 2.48. The number of nitriles is 1. The summed E-state index contributed by atoms with van der Waals surface area (Å²) in [7, 11) is 1.39. The van der Waals surface area contributed by atoms with Crippen molar-refractivity contribution in [3.63, 3.8) is 0 Å². The van der Waals surface area contributed by atoms with Crippen LogP contribution in [0.3, 0.4) is 0 Å². The van der Waals surface area contributed by atoms with Gasteiger partial charge in [0.25, 0.3) is 0 Å². The van der Waals surface area contributed by atoms with Crippen molar-refractivity contribution in [1.29, 1.82) is 5.26 Å². The molecule has 1 aromatic heterocycles. The highest BCUT2D eigenvalue weighted by Crippen LogP contribution is 2.29. The first-order valence-electron chi connectivity index (χ1n) is 5.06. The van der Waals surface area contributed by atoms with E-state index in [9.17, 15) is 4.39 Å². The maximum atomic E-state index is 13.6. The molecule has 0 atom stereocenters. The molecule has 0 unspecified atom stereocenters. The number of benzene rings is 1. The molecule has 2 aromatic rings. The van der Waals surface area contributed by atoms with Gasteiger partial charge in [0.1, 0.15) is 11.2 Å². The van der Waals surface area contributed by atoms with Gasteiger partial charge in [0, 0.05) is 11.8 Å². The van der Waals surface area contributed by atoms with Crippen LogP contribution in [0, 0.1) is 17.1 Å². The molecule has 1 aromatic carbocycles. The summed E-state index contributed by atoms with van der Waals surface area (Å²) < 4.78 is 18.5. The van der Waals surface area contributed by atoms with Crippen molar-refractivity contribution in [2.24, 2.45) is 0 Å². The first-order valence-corrected chi connectivity index (χ1v) is 5.43. The molecule has 3 nitrogen and oxygen atoms in total. The second kappa shape index (κ2) is 5.03. The molecule has 2 rings (SSSR count). The van der Waals surface area contributed by atoms with Crippen LogP contribution in [-0.2, 0) is 0 Å². The monoisotopic (exact) mass is 262 g/mol. The van der Waals surface area contributed by atoms with Gasteiger partial charge in [0.05, 0.1) is 12.7 Å². The van der Waals surface area contributed by atoms with E-state index in [2.05, 4.69) is 4.98 Å². The van der Waals surface area contributed by atoms with Crippen LogP contribution in [0.2, 0.25) is 5.15 Å². The Morgan fingerprint density at radius 3 is 2.78 bits per heavy atom. The van der Waals surface area contributed by atoms with Crippen LogP contribution in [-0.4, -0.2) is 12.1 Å². The molecule has 0 aliphatic carbocycles. The molecule has 0 aliphatic rings. The molecule has 18 heavy (non-hydrogen) atoms. The molecule has 0 bridgehead atoms. The van der Waals surface area contributed by atoms with Crippen LogP contribution in [0.5, 0.6) is 5.75 Å². The van der Waals surface area contributed by atoms with Gasteiger partial charge in [-0.1, -0.05) is 17.7 Å². The Morgan fingerprint density at radius 1 is 1.39 bits per heavy atom. The largest absolute Gasteiger partial charge is 0.494 e. The Kier molecular flexibility index (Phi) is 3.45. The fourth-order valence-electron chi connectivity index (χ4n) is 1.62. The molecule has 0 spiro atoms. The van der Waals surface area contributed by atoms with Gasteiger partial charge in [0.15, 0.2) is 11.6 Å². The summed E-state index contributed by atoms with van der Waals surface area (Å²) in [6.07, 6.45) is 1.47. The maximum absolute atomic E-state index is 13.6. The first-order chi connectivity index (χ1) is 8.67. The van der Waals surface area contributed by atoms with E-state index in [0.29, 0.717) is 11.1 Å². The van der Waals surface area contributed by atoms with Gasteiger partial charge in [-0.15, -0.1) is 0 Å². The molecule has 5 heteroatoms. The molecule has 0 aliphatic heterocycles. The number of halogens is 2. The van der Waals surface area contributed by atoms with Crippen molar-refractivity contribution in [2.45, 2.75) is 0 Å². The molecule has 0 amide bonds. The molecule has 1 heterocycles. The van der Waals surface area contributed by atoms with Crippen LogP contribution in [0.15, 0.2) is 30.5 Å². The smallest absolute Gasteiger partial charge is 0.165 e. The molecule has 0 radical (unpaired) electrons. The predicted octanol–water partition coefficient (Wildman–Crippen LogP) is 3.42. The molecular weight excluding hydrogens is 255 g/mol. The zero-order valence-corrected chi connectivity index (χ0v) is 10.2. The van der Waals surface area contributed by atoms with Gasteiger partial charge in [-0.3, -0.25) is 0 Å². The van der Waals surface area contributed by atoms with Crippen LogP contribution < -0.4 is 4.74 Å². The second-order valence-electron chi connectivity index (χ2n) is 3.49. The van der Waals surface area contributed by atoms with E-state index in [-0.39, 0.29) is 16.5 Å². The lowest BCUT2D eigenvalue weighted by Crippen LogP contribution is -1.91. The number of methoxy groups -OCH3 is 1. The van der Waals surface area contributed by atoms with E-state index in [1.54, 1.807) is 12.1 Å².